The first-order valence-corrected chi connectivity index (χ1v) is 13.0. The summed E-state index contributed by atoms with van der Waals surface area (Å²) in [6.45, 7) is 33.9. The van der Waals surface area contributed by atoms with Crippen molar-refractivity contribution in [1.82, 2.24) is 0 Å². The van der Waals surface area contributed by atoms with Crippen LogP contribution in [0.2, 0.25) is 0 Å². The highest BCUT2D eigenvalue weighted by atomic mass is 19.1. The molecule has 0 heterocycles. The number of hydrogen-bond acceptors (Lipinski definition) is 0. The quantitative estimate of drug-likeness (QED) is 0.191. The monoisotopic (exact) mass is 456 g/mol. The lowest BCUT2D eigenvalue weighted by Crippen LogP contribution is -2.12. The Morgan fingerprint density at radius 1 is 0.636 bits per heavy atom. The van der Waals surface area contributed by atoms with Gasteiger partial charge in [-0.1, -0.05) is 105 Å². The summed E-state index contributed by atoms with van der Waals surface area (Å²) in [5.41, 5.74) is 3.71. The van der Waals surface area contributed by atoms with Crippen LogP contribution < -0.4 is 0 Å². The van der Waals surface area contributed by atoms with Crippen molar-refractivity contribution in [2.75, 3.05) is 0 Å². The summed E-state index contributed by atoms with van der Waals surface area (Å²) in [4.78, 5) is 0. The van der Waals surface area contributed by atoms with E-state index in [0.29, 0.717) is 35.2 Å². The van der Waals surface area contributed by atoms with Crippen molar-refractivity contribution in [3.63, 3.8) is 0 Å². The molecule has 5 atom stereocenters. The van der Waals surface area contributed by atoms with Gasteiger partial charge in [-0.3, -0.25) is 0 Å². The zero-order valence-corrected chi connectivity index (χ0v) is 23.1. The lowest BCUT2D eigenvalue weighted by Gasteiger charge is -2.24. The highest BCUT2D eigenvalue weighted by Crippen LogP contribution is 2.31. The molecule has 0 aliphatic carbocycles. The molecule has 0 aliphatic heterocycles. The van der Waals surface area contributed by atoms with Gasteiger partial charge in [-0.2, -0.15) is 0 Å². The minimum Gasteiger partial charge on any atom is -0.207 e. The van der Waals surface area contributed by atoms with Crippen LogP contribution >= 0.6 is 0 Å². The SMILES string of the molecule is C=C(C)/C=C\C(=C)C(C)CCC(C)C(C)CCC(C)C(=C)/C(F)=C\C(=C)C(C)CCC(C)C. The van der Waals surface area contributed by atoms with Gasteiger partial charge < -0.3 is 0 Å². The minimum atomic E-state index is -0.195. The summed E-state index contributed by atoms with van der Waals surface area (Å²) in [7, 11) is 0. The lowest BCUT2D eigenvalue weighted by atomic mass is 9.82. The summed E-state index contributed by atoms with van der Waals surface area (Å²) in [6.07, 6.45) is 12.3. The molecule has 0 bridgehead atoms. The Hall–Kier alpha value is -1.63. The Morgan fingerprint density at radius 3 is 1.58 bits per heavy atom. The molecule has 0 rings (SSSR count). The van der Waals surface area contributed by atoms with Crippen molar-refractivity contribution in [2.24, 2.45) is 35.5 Å². The van der Waals surface area contributed by atoms with Crippen LogP contribution in [0.4, 0.5) is 4.39 Å². The largest absolute Gasteiger partial charge is 0.207 e. The van der Waals surface area contributed by atoms with E-state index in [1.165, 1.54) is 12.0 Å². The Kier molecular flexibility index (Phi) is 15.3. The van der Waals surface area contributed by atoms with Crippen LogP contribution in [0.3, 0.4) is 0 Å². The van der Waals surface area contributed by atoms with Crippen molar-refractivity contribution >= 4 is 0 Å². The maximum absolute atomic E-state index is 14.8. The highest BCUT2D eigenvalue weighted by Gasteiger charge is 2.18. The molecular formula is C32H53F. The maximum Gasteiger partial charge on any atom is 0.126 e. The molecule has 0 aliphatic rings. The zero-order chi connectivity index (χ0) is 25.7. The highest BCUT2D eigenvalue weighted by molar-refractivity contribution is 5.32. The third kappa shape index (κ3) is 13.6. The van der Waals surface area contributed by atoms with Crippen LogP contribution in [0.15, 0.2) is 72.7 Å². The number of rotatable bonds is 17. The normalized spacial score (nSPS) is 17.0. The zero-order valence-electron chi connectivity index (χ0n) is 23.1. The first kappa shape index (κ1) is 31.4. The van der Waals surface area contributed by atoms with Gasteiger partial charge in [0.15, 0.2) is 0 Å². The van der Waals surface area contributed by atoms with Crippen LogP contribution in [-0.2, 0) is 0 Å². The first-order valence-electron chi connectivity index (χ1n) is 13.0. The van der Waals surface area contributed by atoms with Gasteiger partial charge in [0.25, 0.3) is 0 Å². The predicted molar refractivity (Wildman–Crippen MR) is 149 cm³/mol. The molecule has 33 heavy (non-hydrogen) atoms. The second-order valence-corrected chi connectivity index (χ2v) is 11.1. The molecule has 188 valence electrons. The van der Waals surface area contributed by atoms with Gasteiger partial charge in [0.1, 0.15) is 5.83 Å². The van der Waals surface area contributed by atoms with E-state index >= 15 is 0 Å². The van der Waals surface area contributed by atoms with E-state index in [0.717, 1.165) is 43.3 Å². The molecule has 0 aromatic rings. The second kappa shape index (κ2) is 16.1. The molecule has 0 nitrogen and oxygen atoms in total. The molecule has 0 N–H and O–H groups in total. The molecular weight excluding hydrogens is 403 g/mol. The first-order chi connectivity index (χ1) is 15.3. The Morgan fingerprint density at radius 2 is 1.09 bits per heavy atom. The van der Waals surface area contributed by atoms with Crippen molar-refractivity contribution in [2.45, 2.75) is 93.9 Å². The van der Waals surface area contributed by atoms with Gasteiger partial charge in [0.05, 0.1) is 0 Å². The van der Waals surface area contributed by atoms with E-state index in [1.54, 1.807) is 6.08 Å². The van der Waals surface area contributed by atoms with Crippen LogP contribution in [0, 0.1) is 35.5 Å². The van der Waals surface area contributed by atoms with E-state index in [-0.39, 0.29) is 11.7 Å². The van der Waals surface area contributed by atoms with E-state index in [9.17, 15) is 4.39 Å². The summed E-state index contributed by atoms with van der Waals surface area (Å²) in [5.74, 6) is 2.62. The third-order valence-corrected chi connectivity index (χ3v) is 7.32. The topological polar surface area (TPSA) is 0 Å². The minimum absolute atomic E-state index is 0.139. The summed E-state index contributed by atoms with van der Waals surface area (Å²) >= 11 is 0. The number of hydrogen-bond donors (Lipinski definition) is 0. The van der Waals surface area contributed by atoms with Crippen LogP contribution in [0.25, 0.3) is 0 Å². The fourth-order valence-electron chi connectivity index (χ4n) is 3.77. The van der Waals surface area contributed by atoms with Gasteiger partial charge in [-0.25, -0.2) is 4.39 Å². The summed E-state index contributed by atoms with van der Waals surface area (Å²) in [6, 6.07) is 0. The molecule has 0 spiro atoms. The average Bonchev–Trinajstić information content (AvgIpc) is 2.75. The van der Waals surface area contributed by atoms with Crippen molar-refractivity contribution in [3.05, 3.63) is 72.7 Å². The van der Waals surface area contributed by atoms with Crippen molar-refractivity contribution in [3.8, 4) is 0 Å². The van der Waals surface area contributed by atoms with Crippen LogP contribution in [-0.4, -0.2) is 0 Å². The fraction of sp³-hybridized carbons (Fsp3) is 0.625. The Labute approximate surface area is 206 Å². The molecule has 1 heteroatoms. The summed E-state index contributed by atoms with van der Waals surface area (Å²) < 4.78 is 14.8. The van der Waals surface area contributed by atoms with E-state index in [1.807, 2.05) is 13.0 Å². The van der Waals surface area contributed by atoms with Gasteiger partial charge in [-0.15, -0.1) is 0 Å². The smallest absolute Gasteiger partial charge is 0.126 e. The van der Waals surface area contributed by atoms with E-state index < -0.39 is 0 Å². The fourth-order valence-corrected chi connectivity index (χ4v) is 3.77. The van der Waals surface area contributed by atoms with Gasteiger partial charge in [0, 0.05) is 0 Å². The molecule has 0 saturated carbocycles. The number of allylic oxidation sites excluding steroid dienone is 8. The summed E-state index contributed by atoms with van der Waals surface area (Å²) in [5, 5.41) is 0. The van der Waals surface area contributed by atoms with Crippen LogP contribution in [0.1, 0.15) is 93.9 Å². The van der Waals surface area contributed by atoms with Crippen molar-refractivity contribution < 1.29 is 4.39 Å². The predicted octanol–water partition coefficient (Wildman–Crippen LogP) is 10.8. The van der Waals surface area contributed by atoms with Crippen molar-refractivity contribution in [1.29, 1.82) is 0 Å². The third-order valence-electron chi connectivity index (χ3n) is 7.32. The molecule has 5 unspecified atom stereocenters. The van der Waals surface area contributed by atoms with Gasteiger partial charge in [-0.05, 0) is 91.8 Å². The lowest BCUT2D eigenvalue weighted by molar-refractivity contribution is 0.308. The van der Waals surface area contributed by atoms with Gasteiger partial charge >= 0.3 is 0 Å². The van der Waals surface area contributed by atoms with E-state index in [2.05, 4.69) is 80.9 Å². The van der Waals surface area contributed by atoms with Crippen LogP contribution in [0.5, 0.6) is 0 Å². The average molecular weight is 457 g/mol. The molecule has 0 amide bonds. The molecule has 0 aromatic heterocycles. The molecule has 0 fully saturated rings. The standard InChI is InChI=1S/C32H53F/c1-22(2)13-15-24(5)25(6)17-18-26(7)27(8)19-20-29(10)31(12)32(33)21-30(11)28(9)16-14-23(3)4/h13,15,21,23,25-29H,1,5,11-12,14,16-20H2,2-4,6-10H3/b15-13-,32-21+. The maximum atomic E-state index is 14.8. The Bertz CT molecular complexity index is 702. The second-order valence-electron chi connectivity index (χ2n) is 11.1. The molecule has 0 radical (unpaired) electrons. The Balaban J connectivity index is 4.58. The molecule has 0 aromatic carbocycles. The van der Waals surface area contributed by atoms with E-state index in [4.69, 9.17) is 0 Å². The van der Waals surface area contributed by atoms with Gasteiger partial charge in [0.2, 0.25) is 0 Å². The molecule has 0 saturated heterocycles. The number of halogens is 1.